The molecule has 2 aliphatic rings. The Bertz CT molecular complexity index is 1600. The van der Waals surface area contributed by atoms with Crippen molar-refractivity contribution in [3.63, 3.8) is 0 Å². The first-order valence-corrected chi connectivity index (χ1v) is 16.7. The highest BCUT2D eigenvalue weighted by Crippen LogP contribution is 2.24. The first-order chi connectivity index (χ1) is 23.1. The van der Waals surface area contributed by atoms with E-state index in [1.807, 2.05) is 42.5 Å². The highest BCUT2D eigenvalue weighted by molar-refractivity contribution is 6.17. The molecule has 2 aromatic carbocycles. The fourth-order valence-electron chi connectivity index (χ4n) is 6.35. The standard InChI is InChI=1S/C36H46N6O6/c1-24(2)36(37,32(44)28-15-14-26-11-6-7-12-27(26)39-28)35(47)40-29(23-25-9-4-3-5-10-25)31(43)34(46)42-17-8-13-30(42)33(45)38-16-18-41-19-21-48-22-20-41/h3-7,9-12,14-15,24,29-31,43H,8,13,16-23,37H2,1-2H3,(H,38,45)(H,40,47)/t29-,30-,31?,36+/m0/s1. The fraction of sp³-hybridized carbons (Fsp3) is 0.472. The van der Waals surface area contributed by atoms with Crippen LogP contribution in [0.1, 0.15) is 42.7 Å². The molecule has 2 saturated heterocycles. The number of nitrogens with zero attached hydrogens (tertiary/aromatic N) is 3. The number of nitrogens with two attached hydrogens (primary N) is 1. The third-order valence-corrected chi connectivity index (χ3v) is 9.41. The van der Waals surface area contributed by atoms with Crippen molar-refractivity contribution < 1.29 is 29.0 Å². The lowest BCUT2D eigenvalue weighted by atomic mass is 9.80. The Morgan fingerprint density at radius 3 is 2.44 bits per heavy atom. The molecule has 0 saturated carbocycles. The van der Waals surface area contributed by atoms with Gasteiger partial charge in [0.15, 0.2) is 11.6 Å². The maximum absolute atomic E-state index is 14.1. The molecule has 5 N–H and O–H groups in total. The summed E-state index contributed by atoms with van der Waals surface area (Å²) in [7, 11) is 0. The van der Waals surface area contributed by atoms with Crippen LogP contribution in [0.15, 0.2) is 66.7 Å². The smallest absolute Gasteiger partial charge is 0.254 e. The van der Waals surface area contributed by atoms with Gasteiger partial charge in [-0.15, -0.1) is 0 Å². The van der Waals surface area contributed by atoms with E-state index in [0.717, 1.165) is 24.0 Å². The molecule has 0 bridgehead atoms. The third-order valence-electron chi connectivity index (χ3n) is 9.41. The van der Waals surface area contributed by atoms with Crippen LogP contribution in [-0.4, -0.2) is 113 Å². The molecule has 1 aromatic heterocycles. The van der Waals surface area contributed by atoms with Crippen molar-refractivity contribution in [3.8, 4) is 0 Å². The maximum Gasteiger partial charge on any atom is 0.254 e. The van der Waals surface area contributed by atoms with Crippen molar-refractivity contribution in [3.05, 3.63) is 78.0 Å². The van der Waals surface area contributed by atoms with Crippen LogP contribution in [0, 0.1) is 5.92 Å². The van der Waals surface area contributed by atoms with Gasteiger partial charge in [-0.25, -0.2) is 4.98 Å². The Balaban J connectivity index is 1.33. The Labute approximate surface area is 281 Å². The van der Waals surface area contributed by atoms with Crippen LogP contribution in [0.25, 0.3) is 10.9 Å². The molecule has 2 fully saturated rings. The van der Waals surface area contributed by atoms with E-state index in [9.17, 15) is 24.3 Å². The molecule has 2 aliphatic heterocycles. The lowest BCUT2D eigenvalue weighted by Gasteiger charge is -2.35. The number of para-hydroxylation sites is 1. The highest BCUT2D eigenvalue weighted by atomic mass is 16.5. The number of pyridine rings is 1. The Kier molecular flexibility index (Phi) is 11.5. The van der Waals surface area contributed by atoms with Crippen molar-refractivity contribution in [2.75, 3.05) is 45.9 Å². The monoisotopic (exact) mass is 658 g/mol. The van der Waals surface area contributed by atoms with Crippen LogP contribution in [0.4, 0.5) is 0 Å². The largest absolute Gasteiger partial charge is 0.381 e. The summed E-state index contributed by atoms with van der Waals surface area (Å²) in [6.45, 7) is 7.66. The quantitative estimate of drug-likeness (QED) is 0.156. The number of carbonyl (C=O) groups is 4. The lowest BCUT2D eigenvalue weighted by Crippen LogP contribution is -2.66. The Morgan fingerprint density at radius 1 is 1.00 bits per heavy atom. The summed E-state index contributed by atoms with van der Waals surface area (Å²) >= 11 is 0. The number of ether oxygens (including phenoxy) is 1. The average Bonchev–Trinajstić information content (AvgIpc) is 3.61. The zero-order valence-electron chi connectivity index (χ0n) is 27.6. The molecular weight excluding hydrogens is 612 g/mol. The average molecular weight is 659 g/mol. The van der Waals surface area contributed by atoms with Gasteiger partial charge in [-0.1, -0.05) is 68.4 Å². The van der Waals surface area contributed by atoms with Gasteiger partial charge in [0, 0.05) is 38.1 Å². The molecule has 3 amide bonds. The fourth-order valence-corrected chi connectivity index (χ4v) is 6.35. The number of benzene rings is 2. The summed E-state index contributed by atoms with van der Waals surface area (Å²) in [5.74, 6) is -3.11. The number of fused-ring (bicyclic) bond motifs is 1. The molecule has 1 unspecified atom stereocenters. The van der Waals surface area contributed by atoms with Gasteiger partial charge in [0.05, 0.1) is 24.8 Å². The minimum atomic E-state index is -2.05. The molecular formula is C36H46N6O6. The van der Waals surface area contributed by atoms with E-state index in [0.29, 0.717) is 51.2 Å². The second kappa shape index (κ2) is 15.8. The number of aromatic nitrogens is 1. The zero-order valence-corrected chi connectivity index (χ0v) is 27.6. The van der Waals surface area contributed by atoms with Gasteiger partial charge in [-0.05, 0) is 42.9 Å². The molecule has 0 aliphatic carbocycles. The number of morpholine rings is 1. The summed E-state index contributed by atoms with van der Waals surface area (Å²) in [4.78, 5) is 63.1. The number of Topliss-reactive ketones (excluding diaryl/α,β-unsaturated/α-hetero) is 1. The van der Waals surface area contributed by atoms with Crippen molar-refractivity contribution in [2.24, 2.45) is 11.7 Å². The van der Waals surface area contributed by atoms with Gasteiger partial charge >= 0.3 is 0 Å². The van der Waals surface area contributed by atoms with Crippen LogP contribution in [0.3, 0.4) is 0 Å². The number of likely N-dealkylation sites (tertiary alicyclic amines) is 1. The summed E-state index contributed by atoms with van der Waals surface area (Å²) in [6, 6.07) is 17.8. The number of hydrogen-bond donors (Lipinski definition) is 4. The molecule has 256 valence electrons. The summed E-state index contributed by atoms with van der Waals surface area (Å²) in [5, 5.41) is 18.1. The number of carbonyl (C=O) groups excluding carboxylic acids is 4. The number of amides is 3. The molecule has 48 heavy (non-hydrogen) atoms. The molecule has 12 nitrogen and oxygen atoms in total. The SMILES string of the molecule is CC(C)[C@](N)(C(=O)N[C@@H](Cc1ccccc1)C(O)C(=O)N1CCC[C@H]1C(=O)NCCN1CCOCC1)C(=O)c1ccc2ccccc2n1. The van der Waals surface area contributed by atoms with E-state index in [1.54, 1.807) is 38.1 Å². The second-order valence-corrected chi connectivity index (χ2v) is 12.9. The topological polar surface area (TPSA) is 167 Å². The minimum absolute atomic E-state index is 0.0378. The zero-order chi connectivity index (χ0) is 34.3. The maximum atomic E-state index is 14.1. The van der Waals surface area contributed by atoms with Crippen molar-refractivity contribution in [2.45, 2.75) is 56.8 Å². The predicted octanol–water partition coefficient (Wildman–Crippen LogP) is 1.30. The van der Waals surface area contributed by atoms with Crippen LogP contribution in [0.2, 0.25) is 0 Å². The van der Waals surface area contributed by atoms with Crippen LogP contribution in [0.5, 0.6) is 0 Å². The minimum Gasteiger partial charge on any atom is -0.381 e. The number of aliphatic hydroxyl groups is 1. The van der Waals surface area contributed by atoms with E-state index in [2.05, 4.69) is 20.5 Å². The third kappa shape index (κ3) is 7.90. The number of nitrogens with one attached hydrogen (secondary N) is 2. The normalized spacial score (nSPS) is 19.4. The second-order valence-electron chi connectivity index (χ2n) is 12.9. The van der Waals surface area contributed by atoms with Gasteiger partial charge in [-0.3, -0.25) is 24.1 Å². The molecule has 5 rings (SSSR count). The van der Waals surface area contributed by atoms with Gasteiger partial charge < -0.3 is 31.1 Å². The molecule has 3 aromatic rings. The molecule has 0 spiro atoms. The molecule has 4 atom stereocenters. The molecule has 3 heterocycles. The van der Waals surface area contributed by atoms with E-state index in [4.69, 9.17) is 10.5 Å². The molecule has 12 heteroatoms. The van der Waals surface area contributed by atoms with Gasteiger partial charge in [0.25, 0.3) is 5.91 Å². The Morgan fingerprint density at radius 2 is 1.71 bits per heavy atom. The lowest BCUT2D eigenvalue weighted by molar-refractivity contribution is -0.147. The number of ketones is 1. The van der Waals surface area contributed by atoms with E-state index in [1.165, 1.54) is 4.90 Å². The van der Waals surface area contributed by atoms with Gasteiger partial charge in [0.2, 0.25) is 17.6 Å². The number of hydrogen-bond acceptors (Lipinski definition) is 9. The van der Waals surface area contributed by atoms with Crippen molar-refractivity contribution >= 4 is 34.4 Å². The van der Waals surface area contributed by atoms with Gasteiger partial charge in [0.1, 0.15) is 11.7 Å². The van der Waals surface area contributed by atoms with Crippen LogP contribution < -0.4 is 16.4 Å². The van der Waals surface area contributed by atoms with E-state index < -0.39 is 47.2 Å². The summed E-state index contributed by atoms with van der Waals surface area (Å²) < 4.78 is 5.38. The van der Waals surface area contributed by atoms with E-state index >= 15 is 0 Å². The number of rotatable bonds is 13. The predicted molar refractivity (Wildman–Crippen MR) is 181 cm³/mol. The number of aliphatic hydroxyl groups excluding tert-OH is 1. The van der Waals surface area contributed by atoms with Crippen molar-refractivity contribution in [1.29, 1.82) is 0 Å². The first-order valence-electron chi connectivity index (χ1n) is 16.7. The summed E-state index contributed by atoms with van der Waals surface area (Å²) in [6.07, 6.45) is -0.562. The first kappa shape index (κ1) is 35.1. The van der Waals surface area contributed by atoms with Crippen LogP contribution >= 0.6 is 0 Å². The molecule has 0 radical (unpaired) electrons. The van der Waals surface area contributed by atoms with Crippen LogP contribution in [-0.2, 0) is 25.5 Å². The van der Waals surface area contributed by atoms with Gasteiger partial charge in [-0.2, -0.15) is 0 Å². The Hall–Kier alpha value is -4.23. The summed E-state index contributed by atoms with van der Waals surface area (Å²) in [5.41, 5.74) is 5.99. The van der Waals surface area contributed by atoms with Crippen molar-refractivity contribution in [1.82, 2.24) is 25.4 Å². The van der Waals surface area contributed by atoms with E-state index in [-0.39, 0.29) is 18.0 Å². The highest BCUT2D eigenvalue weighted by Gasteiger charge is 2.48.